The van der Waals surface area contributed by atoms with Crippen molar-refractivity contribution in [3.8, 4) is 0 Å². The molecular formula is C12H18N2O4S. The van der Waals surface area contributed by atoms with Crippen LogP contribution in [0.5, 0.6) is 0 Å². The minimum Gasteiger partial charge on any atom is -0.478 e. The topological polar surface area (TPSA) is 103 Å². The maximum atomic E-state index is 11.3. The zero-order chi connectivity index (χ0) is 14.8. The third kappa shape index (κ3) is 3.81. The second-order valence-electron chi connectivity index (χ2n) is 4.95. The average molecular weight is 286 g/mol. The van der Waals surface area contributed by atoms with Crippen LogP contribution < -0.4 is 5.69 Å². The van der Waals surface area contributed by atoms with E-state index in [-0.39, 0.29) is 28.0 Å². The van der Waals surface area contributed by atoms with E-state index in [2.05, 4.69) is 9.97 Å². The first-order chi connectivity index (χ1) is 8.65. The number of hydrogen-bond donors (Lipinski definition) is 3. The van der Waals surface area contributed by atoms with Crippen LogP contribution in [-0.4, -0.2) is 37.5 Å². The van der Waals surface area contributed by atoms with Gasteiger partial charge in [0.25, 0.3) is 0 Å². The second-order valence-corrected chi connectivity index (χ2v) is 5.92. The molecule has 0 bridgehead atoms. The van der Waals surface area contributed by atoms with Crippen molar-refractivity contribution in [3.63, 3.8) is 0 Å². The fourth-order valence-electron chi connectivity index (χ4n) is 1.30. The van der Waals surface area contributed by atoms with Crippen molar-refractivity contribution in [2.75, 3.05) is 5.75 Å². The molecule has 1 heterocycles. The van der Waals surface area contributed by atoms with Gasteiger partial charge < -0.3 is 15.2 Å². The Morgan fingerprint density at radius 2 is 2.11 bits per heavy atom. The third-order valence-corrected chi connectivity index (χ3v) is 4.34. The number of thioether (sulfide) groups is 1. The SMILES string of the molecule is Cc1[nH]c(=O)nc(SCC(C)(O)C(C)C)c1C(=O)O. The number of carboxylic acid groups (broad SMARTS) is 1. The highest BCUT2D eigenvalue weighted by molar-refractivity contribution is 7.99. The van der Waals surface area contributed by atoms with E-state index in [1.54, 1.807) is 6.92 Å². The van der Waals surface area contributed by atoms with Gasteiger partial charge >= 0.3 is 11.7 Å². The Hall–Kier alpha value is -1.34. The maximum absolute atomic E-state index is 11.3. The van der Waals surface area contributed by atoms with Gasteiger partial charge in [0, 0.05) is 11.4 Å². The number of aromatic nitrogens is 2. The zero-order valence-electron chi connectivity index (χ0n) is 11.4. The van der Waals surface area contributed by atoms with Gasteiger partial charge in [-0.3, -0.25) is 0 Å². The van der Waals surface area contributed by atoms with E-state index in [9.17, 15) is 14.7 Å². The monoisotopic (exact) mass is 286 g/mol. The summed E-state index contributed by atoms with van der Waals surface area (Å²) in [6.07, 6.45) is 0. The van der Waals surface area contributed by atoms with Gasteiger partial charge in [-0.25, -0.2) is 9.59 Å². The normalized spacial score (nSPS) is 14.4. The number of hydrogen-bond acceptors (Lipinski definition) is 5. The molecule has 0 saturated carbocycles. The molecule has 19 heavy (non-hydrogen) atoms. The molecule has 1 rings (SSSR count). The lowest BCUT2D eigenvalue weighted by molar-refractivity contribution is 0.0375. The summed E-state index contributed by atoms with van der Waals surface area (Å²) in [6.45, 7) is 6.92. The van der Waals surface area contributed by atoms with Gasteiger partial charge in [-0.2, -0.15) is 4.98 Å². The van der Waals surface area contributed by atoms with Crippen LogP contribution in [0.25, 0.3) is 0 Å². The molecule has 0 saturated heterocycles. The van der Waals surface area contributed by atoms with Crippen molar-refractivity contribution >= 4 is 17.7 Å². The Bertz CT molecular complexity index is 537. The summed E-state index contributed by atoms with van der Waals surface area (Å²) in [5.41, 5.74) is -1.31. The molecule has 0 aromatic carbocycles. The molecule has 0 spiro atoms. The number of nitrogens with zero attached hydrogens (tertiary/aromatic N) is 1. The highest BCUT2D eigenvalue weighted by Gasteiger charge is 2.27. The predicted molar refractivity (Wildman–Crippen MR) is 72.7 cm³/mol. The molecule has 106 valence electrons. The molecule has 1 unspecified atom stereocenters. The molecule has 1 aromatic rings. The van der Waals surface area contributed by atoms with Gasteiger partial charge in [0.2, 0.25) is 0 Å². The van der Waals surface area contributed by atoms with Crippen LogP contribution in [-0.2, 0) is 0 Å². The summed E-state index contributed by atoms with van der Waals surface area (Å²) in [6, 6.07) is 0. The first kappa shape index (κ1) is 15.7. The van der Waals surface area contributed by atoms with Crippen LogP contribution in [0.1, 0.15) is 36.8 Å². The molecule has 0 aliphatic rings. The minimum absolute atomic E-state index is 0.0105. The van der Waals surface area contributed by atoms with Crippen molar-refractivity contribution < 1.29 is 15.0 Å². The molecule has 3 N–H and O–H groups in total. The lowest BCUT2D eigenvalue weighted by atomic mass is 9.95. The summed E-state index contributed by atoms with van der Waals surface area (Å²) >= 11 is 1.08. The van der Waals surface area contributed by atoms with Gasteiger partial charge in [0.05, 0.1) is 5.60 Å². The fraction of sp³-hybridized carbons (Fsp3) is 0.583. The standard InChI is InChI=1S/C12H18N2O4S/c1-6(2)12(4,18)5-19-9-8(10(15)16)7(3)13-11(17)14-9/h6,18H,5H2,1-4H3,(H,15,16)(H,13,14,17). The number of H-pyrrole nitrogens is 1. The van der Waals surface area contributed by atoms with Crippen molar-refractivity contribution in [3.05, 3.63) is 21.7 Å². The number of aromatic carboxylic acids is 1. The average Bonchev–Trinajstić information content (AvgIpc) is 2.24. The molecule has 1 atom stereocenters. The van der Waals surface area contributed by atoms with E-state index in [0.717, 1.165) is 11.8 Å². The lowest BCUT2D eigenvalue weighted by Crippen LogP contribution is -2.34. The van der Waals surface area contributed by atoms with E-state index < -0.39 is 17.3 Å². The molecule has 0 fully saturated rings. The number of aliphatic hydroxyl groups is 1. The Morgan fingerprint density at radius 1 is 1.53 bits per heavy atom. The van der Waals surface area contributed by atoms with Gasteiger partial charge in [-0.1, -0.05) is 13.8 Å². The zero-order valence-corrected chi connectivity index (χ0v) is 12.2. The first-order valence-electron chi connectivity index (χ1n) is 5.84. The summed E-state index contributed by atoms with van der Waals surface area (Å²) in [5.74, 6) is -0.870. The van der Waals surface area contributed by atoms with E-state index in [1.165, 1.54) is 6.92 Å². The second kappa shape index (κ2) is 5.75. The van der Waals surface area contributed by atoms with Crippen LogP contribution in [0.4, 0.5) is 0 Å². The van der Waals surface area contributed by atoms with Crippen molar-refractivity contribution in [1.82, 2.24) is 9.97 Å². The molecule has 6 nitrogen and oxygen atoms in total. The summed E-state index contributed by atoms with van der Waals surface area (Å²) in [5, 5.41) is 19.4. The van der Waals surface area contributed by atoms with E-state index in [4.69, 9.17) is 5.11 Å². The summed E-state index contributed by atoms with van der Waals surface area (Å²) in [7, 11) is 0. The first-order valence-corrected chi connectivity index (χ1v) is 6.83. The molecule has 0 amide bonds. The Morgan fingerprint density at radius 3 is 2.58 bits per heavy atom. The van der Waals surface area contributed by atoms with Gasteiger partial charge in [0.15, 0.2) is 0 Å². The number of aryl methyl sites for hydroxylation is 1. The van der Waals surface area contributed by atoms with Crippen molar-refractivity contribution in [2.24, 2.45) is 5.92 Å². The van der Waals surface area contributed by atoms with Crippen LogP contribution in [0.2, 0.25) is 0 Å². The van der Waals surface area contributed by atoms with Gasteiger partial charge in [0.1, 0.15) is 10.6 Å². The van der Waals surface area contributed by atoms with Crippen molar-refractivity contribution in [1.29, 1.82) is 0 Å². The van der Waals surface area contributed by atoms with Gasteiger partial charge in [-0.15, -0.1) is 11.8 Å². The fourth-order valence-corrected chi connectivity index (χ4v) is 2.59. The summed E-state index contributed by atoms with van der Waals surface area (Å²) < 4.78 is 0. The maximum Gasteiger partial charge on any atom is 0.346 e. The van der Waals surface area contributed by atoms with E-state index in [1.807, 2.05) is 13.8 Å². The molecule has 0 aliphatic heterocycles. The molecule has 0 aliphatic carbocycles. The quantitative estimate of drug-likeness (QED) is 0.556. The highest BCUT2D eigenvalue weighted by atomic mass is 32.2. The lowest BCUT2D eigenvalue weighted by Gasteiger charge is -2.27. The Kier molecular flexibility index (Phi) is 4.75. The number of carbonyl (C=O) groups is 1. The Labute approximate surface area is 115 Å². The van der Waals surface area contributed by atoms with Crippen molar-refractivity contribution in [2.45, 2.75) is 38.3 Å². The highest BCUT2D eigenvalue weighted by Crippen LogP contribution is 2.28. The van der Waals surface area contributed by atoms with Crippen LogP contribution in [0, 0.1) is 12.8 Å². The largest absolute Gasteiger partial charge is 0.478 e. The van der Waals surface area contributed by atoms with Crippen LogP contribution >= 0.6 is 11.8 Å². The molecular weight excluding hydrogens is 268 g/mol. The predicted octanol–water partition coefficient (Wildman–Crippen LogP) is 1.28. The number of carboxylic acids is 1. The van der Waals surface area contributed by atoms with Gasteiger partial charge in [-0.05, 0) is 19.8 Å². The smallest absolute Gasteiger partial charge is 0.346 e. The number of aromatic amines is 1. The van der Waals surface area contributed by atoms with E-state index in [0.29, 0.717) is 0 Å². The van der Waals surface area contributed by atoms with Crippen LogP contribution in [0.15, 0.2) is 9.82 Å². The molecule has 7 heteroatoms. The number of rotatable bonds is 5. The third-order valence-electron chi connectivity index (χ3n) is 3.05. The molecule has 1 aromatic heterocycles. The van der Waals surface area contributed by atoms with E-state index >= 15 is 0 Å². The minimum atomic E-state index is -1.15. The van der Waals surface area contributed by atoms with Crippen LogP contribution in [0.3, 0.4) is 0 Å². The Balaban J connectivity index is 3.08. The summed E-state index contributed by atoms with van der Waals surface area (Å²) in [4.78, 5) is 28.5. The number of nitrogens with one attached hydrogen (secondary N) is 1. The molecule has 0 radical (unpaired) electrons.